The van der Waals surface area contributed by atoms with Crippen molar-refractivity contribution in [3.63, 3.8) is 0 Å². The number of carbonyl (C=O) groups is 1. The van der Waals surface area contributed by atoms with Crippen LogP contribution in [0.15, 0.2) is 29.3 Å². The molecular weight excluding hydrogens is 327 g/mol. The molecule has 2 aliphatic heterocycles. The van der Waals surface area contributed by atoms with E-state index in [4.69, 9.17) is 4.74 Å². The molecule has 4 nitrogen and oxygen atoms in total. The van der Waals surface area contributed by atoms with Gasteiger partial charge in [-0.2, -0.15) is 0 Å². The Morgan fingerprint density at radius 3 is 2.71 bits per heavy atom. The van der Waals surface area contributed by atoms with E-state index in [2.05, 4.69) is 10.3 Å². The first-order valence-electron chi connectivity index (χ1n) is 8.38. The molecule has 1 aromatic carbocycles. The summed E-state index contributed by atoms with van der Waals surface area (Å²) >= 11 is 1.52. The fourth-order valence-corrected chi connectivity index (χ4v) is 4.44. The van der Waals surface area contributed by atoms with Crippen LogP contribution in [0.3, 0.4) is 0 Å². The highest BCUT2D eigenvalue weighted by atomic mass is 32.2. The predicted molar refractivity (Wildman–Crippen MR) is 94.5 cm³/mol. The zero-order chi connectivity index (χ0) is 17.2. The van der Waals surface area contributed by atoms with Crippen molar-refractivity contribution in [2.75, 3.05) is 13.2 Å². The van der Waals surface area contributed by atoms with Gasteiger partial charge in [-0.05, 0) is 56.7 Å². The monoisotopic (exact) mass is 350 g/mol. The number of ether oxygens (including phenoxy) is 1. The highest BCUT2D eigenvalue weighted by Crippen LogP contribution is 2.40. The van der Waals surface area contributed by atoms with E-state index in [0.29, 0.717) is 11.1 Å². The number of hydrogen-bond donors (Lipinski definition) is 1. The molecule has 0 aromatic heterocycles. The van der Waals surface area contributed by atoms with Gasteiger partial charge in [0.05, 0.1) is 10.8 Å². The molecule has 2 heterocycles. The van der Waals surface area contributed by atoms with Gasteiger partial charge in [-0.1, -0.05) is 23.9 Å². The third-order valence-electron chi connectivity index (χ3n) is 4.71. The van der Waals surface area contributed by atoms with Crippen LogP contribution in [0.25, 0.3) is 0 Å². The summed E-state index contributed by atoms with van der Waals surface area (Å²) in [7, 11) is 0. The van der Waals surface area contributed by atoms with Crippen LogP contribution in [0.2, 0.25) is 0 Å². The van der Waals surface area contributed by atoms with E-state index in [0.717, 1.165) is 38.0 Å². The summed E-state index contributed by atoms with van der Waals surface area (Å²) in [6, 6.07) is 6.20. The number of benzene rings is 1. The first-order valence-corrected chi connectivity index (χ1v) is 9.19. The molecule has 0 aliphatic carbocycles. The topological polar surface area (TPSA) is 50.7 Å². The summed E-state index contributed by atoms with van der Waals surface area (Å²) in [6.45, 7) is 5.51. The van der Waals surface area contributed by atoms with Crippen LogP contribution in [-0.4, -0.2) is 29.0 Å². The molecule has 0 radical (unpaired) electrons. The Morgan fingerprint density at radius 2 is 2.04 bits per heavy atom. The lowest BCUT2D eigenvalue weighted by molar-refractivity contribution is -0.121. The predicted octanol–water partition coefficient (Wildman–Crippen LogP) is 3.68. The Hall–Kier alpha value is -1.40. The normalized spacial score (nSPS) is 28.1. The number of halogens is 1. The summed E-state index contributed by atoms with van der Waals surface area (Å²) in [5.74, 6) is 0.297. The van der Waals surface area contributed by atoms with E-state index in [9.17, 15) is 9.18 Å². The van der Waals surface area contributed by atoms with Gasteiger partial charge in [0.2, 0.25) is 5.91 Å². The Labute approximate surface area is 146 Å². The van der Waals surface area contributed by atoms with Crippen LogP contribution in [0.5, 0.6) is 0 Å². The molecule has 1 amide bonds. The molecule has 24 heavy (non-hydrogen) atoms. The molecule has 1 unspecified atom stereocenters. The van der Waals surface area contributed by atoms with E-state index < -0.39 is 4.75 Å². The van der Waals surface area contributed by atoms with Gasteiger partial charge >= 0.3 is 0 Å². The number of hydrogen-bond acceptors (Lipinski definition) is 4. The largest absolute Gasteiger partial charge is 0.381 e. The Morgan fingerprint density at radius 1 is 1.38 bits per heavy atom. The number of nitrogens with one attached hydrogen (secondary N) is 1. The minimum Gasteiger partial charge on any atom is -0.381 e. The van der Waals surface area contributed by atoms with Crippen molar-refractivity contribution < 1.29 is 13.9 Å². The molecule has 0 bridgehead atoms. The summed E-state index contributed by atoms with van der Waals surface area (Å²) < 4.78 is 18.0. The molecule has 3 rings (SSSR count). The number of nitrogens with zero attached hydrogens (tertiary/aromatic N) is 1. The van der Waals surface area contributed by atoms with Gasteiger partial charge in [-0.15, -0.1) is 0 Å². The zero-order valence-corrected chi connectivity index (χ0v) is 14.9. The molecule has 2 aliphatic rings. The van der Waals surface area contributed by atoms with Crippen molar-refractivity contribution in [1.29, 1.82) is 0 Å². The van der Waals surface area contributed by atoms with E-state index in [-0.39, 0.29) is 17.8 Å². The van der Waals surface area contributed by atoms with Crippen LogP contribution in [-0.2, 0) is 9.53 Å². The second-order valence-corrected chi connectivity index (χ2v) is 8.20. The lowest BCUT2D eigenvalue weighted by Crippen LogP contribution is -2.36. The molecule has 1 N–H and O–H groups in total. The minimum absolute atomic E-state index is 0.0315. The fourth-order valence-electron chi connectivity index (χ4n) is 3.20. The first kappa shape index (κ1) is 17.4. The van der Waals surface area contributed by atoms with E-state index in [1.807, 2.05) is 13.8 Å². The number of amides is 1. The number of carbonyl (C=O) groups excluding carboxylic acids is 1. The molecule has 2 fully saturated rings. The molecule has 2 saturated heterocycles. The second kappa shape index (κ2) is 7.23. The average molecular weight is 350 g/mol. The van der Waals surface area contributed by atoms with Crippen LogP contribution in [0.4, 0.5) is 4.39 Å². The number of amidine groups is 1. The molecule has 0 spiro atoms. The second-order valence-electron chi connectivity index (χ2n) is 6.71. The summed E-state index contributed by atoms with van der Waals surface area (Å²) in [6.07, 6.45) is 2.88. The van der Waals surface area contributed by atoms with Gasteiger partial charge in [0, 0.05) is 13.2 Å². The van der Waals surface area contributed by atoms with Crippen LogP contribution in [0.1, 0.15) is 44.7 Å². The maximum Gasteiger partial charge on any atom is 0.242 e. The van der Waals surface area contributed by atoms with E-state index in [1.165, 1.54) is 23.9 Å². The fraction of sp³-hybridized carbons (Fsp3) is 0.556. The summed E-state index contributed by atoms with van der Waals surface area (Å²) in [5, 5.41) is 3.57. The van der Waals surface area contributed by atoms with E-state index >= 15 is 0 Å². The molecule has 1 aromatic rings. The van der Waals surface area contributed by atoms with Crippen molar-refractivity contribution in [3.8, 4) is 0 Å². The van der Waals surface area contributed by atoms with Gasteiger partial charge in [-0.3, -0.25) is 9.79 Å². The third kappa shape index (κ3) is 3.98. The standard InChI is InChI=1S/C18H23FN2O2S/c1-12(14-3-5-15(19)6-4-14)20-17-21-16(22)18(2,24-17)11-13-7-9-23-10-8-13/h3-6,12-13H,7-11H2,1-2H3,(H,20,21,22)/t12-,18?/m1/s1. The summed E-state index contributed by atoms with van der Waals surface area (Å²) in [5.41, 5.74) is 0.928. The SMILES string of the molecule is C[C@@H](N=C1NC(=O)C(C)(CC2CCOCC2)S1)c1ccc(F)cc1. The number of thioether (sulfide) groups is 1. The quantitative estimate of drug-likeness (QED) is 0.901. The van der Waals surface area contributed by atoms with Crippen LogP contribution >= 0.6 is 11.8 Å². The molecule has 130 valence electrons. The maximum atomic E-state index is 13.0. The number of aliphatic imine (C=N–C) groups is 1. The average Bonchev–Trinajstić information content (AvgIpc) is 2.82. The van der Waals surface area contributed by atoms with Gasteiger partial charge in [0.25, 0.3) is 0 Å². The Balaban J connectivity index is 1.67. The zero-order valence-electron chi connectivity index (χ0n) is 14.0. The van der Waals surface area contributed by atoms with Crippen LogP contribution < -0.4 is 5.32 Å². The van der Waals surface area contributed by atoms with Crippen molar-refractivity contribution in [1.82, 2.24) is 5.32 Å². The van der Waals surface area contributed by atoms with Gasteiger partial charge in [-0.25, -0.2) is 4.39 Å². The van der Waals surface area contributed by atoms with Gasteiger partial charge < -0.3 is 10.1 Å². The Kier molecular flexibility index (Phi) is 5.25. The van der Waals surface area contributed by atoms with Gasteiger partial charge in [0.15, 0.2) is 5.17 Å². The van der Waals surface area contributed by atoms with Crippen molar-refractivity contribution in [3.05, 3.63) is 35.6 Å². The van der Waals surface area contributed by atoms with E-state index in [1.54, 1.807) is 12.1 Å². The van der Waals surface area contributed by atoms with Crippen molar-refractivity contribution in [2.45, 2.75) is 43.9 Å². The lowest BCUT2D eigenvalue weighted by atomic mass is 9.89. The minimum atomic E-state index is -0.469. The molecule has 6 heteroatoms. The Bertz CT molecular complexity index is 628. The third-order valence-corrected chi connectivity index (χ3v) is 5.91. The molecule has 0 saturated carbocycles. The first-order chi connectivity index (χ1) is 11.5. The maximum absolute atomic E-state index is 13.0. The summed E-state index contributed by atoms with van der Waals surface area (Å²) in [4.78, 5) is 17.1. The number of rotatable bonds is 4. The van der Waals surface area contributed by atoms with Crippen LogP contribution in [0, 0.1) is 11.7 Å². The van der Waals surface area contributed by atoms with Crippen molar-refractivity contribution in [2.24, 2.45) is 10.9 Å². The molecular formula is C18H23FN2O2S. The van der Waals surface area contributed by atoms with Gasteiger partial charge in [0.1, 0.15) is 5.82 Å². The highest BCUT2D eigenvalue weighted by Gasteiger charge is 2.44. The smallest absolute Gasteiger partial charge is 0.242 e. The molecule has 2 atom stereocenters. The van der Waals surface area contributed by atoms with Crippen molar-refractivity contribution >= 4 is 22.8 Å². The highest BCUT2D eigenvalue weighted by molar-refractivity contribution is 8.16. The lowest BCUT2D eigenvalue weighted by Gasteiger charge is -2.28.